The third-order valence-electron chi connectivity index (χ3n) is 3.04. The second-order valence-corrected chi connectivity index (χ2v) is 5.10. The molecule has 8 heteroatoms. The summed E-state index contributed by atoms with van der Waals surface area (Å²) in [6.45, 7) is 0. The molecule has 0 aliphatic heterocycles. The van der Waals surface area contributed by atoms with Gasteiger partial charge in [0.15, 0.2) is 5.11 Å². The van der Waals surface area contributed by atoms with Crippen molar-refractivity contribution in [1.82, 2.24) is 5.32 Å². The number of alkyl halides is 3. The van der Waals surface area contributed by atoms with Crippen LogP contribution in [-0.4, -0.2) is 18.1 Å². The lowest BCUT2D eigenvalue weighted by Gasteiger charge is -2.15. The number of ether oxygens (including phenoxy) is 1. The molecule has 1 amide bonds. The molecule has 2 aromatic rings. The Morgan fingerprint density at radius 3 is 2.38 bits per heavy atom. The van der Waals surface area contributed by atoms with Crippen LogP contribution in [0.25, 0.3) is 0 Å². The standard InChI is InChI=1S/C16H13F3N2O2S/c1-23-13-8-7-11(16(17,18)19)9-12(13)20-15(24)21-14(22)10-5-3-2-4-6-10/h2-9H,1H3,(H2,20,21,22,24). The lowest BCUT2D eigenvalue weighted by Crippen LogP contribution is -2.34. The van der Waals surface area contributed by atoms with Crippen molar-refractivity contribution < 1.29 is 22.7 Å². The van der Waals surface area contributed by atoms with E-state index in [1.807, 2.05) is 0 Å². The highest BCUT2D eigenvalue weighted by Crippen LogP contribution is 2.34. The van der Waals surface area contributed by atoms with Gasteiger partial charge in [-0.15, -0.1) is 0 Å². The van der Waals surface area contributed by atoms with E-state index in [4.69, 9.17) is 17.0 Å². The lowest BCUT2D eigenvalue weighted by atomic mass is 10.2. The van der Waals surface area contributed by atoms with Crippen molar-refractivity contribution in [2.24, 2.45) is 0 Å². The van der Waals surface area contributed by atoms with Gasteiger partial charge in [-0.05, 0) is 42.5 Å². The topological polar surface area (TPSA) is 50.4 Å². The van der Waals surface area contributed by atoms with Crippen LogP contribution < -0.4 is 15.4 Å². The summed E-state index contributed by atoms with van der Waals surface area (Å²) < 4.78 is 43.4. The van der Waals surface area contributed by atoms with Crippen molar-refractivity contribution in [3.05, 3.63) is 59.7 Å². The van der Waals surface area contributed by atoms with Crippen molar-refractivity contribution in [2.45, 2.75) is 6.18 Å². The minimum Gasteiger partial charge on any atom is -0.495 e. The number of carbonyl (C=O) groups excluding carboxylic acids is 1. The fraction of sp³-hybridized carbons (Fsp3) is 0.125. The molecule has 0 unspecified atom stereocenters. The first-order chi connectivity index (χ1) is 11.3. The van der Waals surface area contributed by atoms with Gasteiger partial charge in [-0.1, -0.05) is 18.2 Å². The summed E-state index contributed by atoms with van der Waals surface area (Å²) in [6.07, 6.45) is -4.50. The van der Waals surface area contributed by atoms with Crippen LogP contribution in [0, 0.1) is 0 Å². The van der Waals surface area contributed by atoms with E-state index in [1.54, 1.807) is 30.3 Å². The minimum absolute atomic E-state index is 0.00527. The fourth-order valence-corrected chi connectivity index (χ4v) is 2.10. The molecule has 2 aromatic carbocycles. The van der Waals surface area contributed by atoms with Crippen LogP contribution in [0.5, 0.6) is 5.75 Å². The van der Waals surface area contributed by atoms with Crippen LogP contribution in [-0.2, 0) is 6.18 Å². The van der Waals surface area contributed by atoms with Crippen molar-refractivity contribution in [1.29, 1.82) is 0 Å². The molecule has 0 aliphatic rings. The second-order valence-electron chi connectivity index (χ2n) is 4.69. The summed E-state index contributed by atoms with van der Waals surface area (Å²) in [5, 5.41) is 4.81. The Bertz CT molecular complexity index is 749. The predicted octanol–water partition coefficient (Wildman–Crippen LogP) is 3.84. The molecule has 0 saturated carbocycles. The van der Waals surface area contributed by atoms with Gasteiger partial charge in [0.2, 0.25) is 0 Å². The van der Waals surface area contributed by atoms with Crippen LogP contribution in [0.3, 0.4) is 0 Å². The molecular weight excluding hydrogens is 341 g/mol. The maximum atomic E-state index is 12.8. The van der Waals surface area contributed by atoms with Crippen LogP contribution in [0.2, 0.25) is 0 Å². The summed E-state index contributed by atoms with van der Waals surface area (Å²) >= 11 is 4.98. The van der Waals surface area contributed by atoms with Crippen molar-refractivity contribution in [3.63, 3.8) is 0 Å². The molecule has 2 rings (SSSR count). The second kappa shape index (κ2) is 7.31. The number of methoxy groups -OCH3 is 1. The van der Waals surface area contributed by atoms with Gasteiger partial charge in [0.1, 0.15) is 5.75 Å². The number of carbonyl (C=O) groups is 1. The highest BCUT2D eigenvalue weighted by Gasteiger charge is 2.31. The molecule has 4 nitrogen and oxygen atoms in total. The highest BCUT2D eigenvalue weighted by atomic mass is 32.1. The SMILES string of the molecule is COc1ccc(C(F)(F)F)cc1NC(=S)NC(=O)c1ccccc1. The molecule has 0 spiro atoms. The summed E-state index contributed by atoms with van der Waals surface area (Å²) in [5.41, 5.74) is -0.480. The predicted molar refractivity (Wildman–Crippen MR) is 88.1 cm³/mol. The number of benzene rings is 2. The van der Waals surface area contributed by atoms with E-state index in [0.29, 0.717) is 5.56 Å². The molecule has 0 radical (unpaired) electrons. The van der Waals surface area contributed by atoms with Gasteiger partial charge in [0, 0.05) is 5.56 Å². The normalized spacial score (nSPS) is 10.8. The number of hydrogen-bond acceptors (Lipinski definition) is 3. The van der Waals surface area contributed by atoms with Gasteiger partial charge in [0.25, 0.3) is 5.91 Å². The Morgan fingerprint density at radius 2 is 1.79 bits per heavy atom. The van der Waals surface area contributed by atoms with E-state index in [2.05, 4.69) is 10.6 Å². The van der Waals surface area contributed by atoms with Crippen molar-refractivity contribution in [2.75, 3.05) is 12.4 Å². The van der Waals surface area contributed by atoms with Crippen LogP contribution in [0.1, 0.15) is 15.9 Å². The van der Waals surface area contributed by atoms with Gasteiger partial charge < -0.3 is 10.1 Å². The third kappa shape index (κ3) is 4.45. The Kier molecular flexibility index (Phi) is 5.40. The first kappa shape index (κ1) is 17.7. The monoisotopic (exact) mass is 354 g/mol. The van der Waals surface area contributed by atoms with E-state index in [-0.39, 0.29) is 16.5 Å². The molecule has 2 N–H and O–H groups in total. The Morgan fingerprint density at radius 1 is 1.12 bits per heavy atom. The Balaban J connectivity index is 2.14. The molecule has 0 atom stereocenters. The number of halogens is 3. The summed E-state index contributed by atoms with van der Waals surface area (Å²) in [5.74, 6) is -0.307. The number of thiocarbonyl (C=S) groups is 1. The van der Waals surface area contributed by atoms with Gasteiger partial charge in [-0.2, -0.15) is 13.2 Å². The van der Waals surface area contributed by atoms with E-state index in [9.17, 15) is 18.0 Å². The number of amides is 1. The lowest BCUT2D eigenvalue weighted by molar-refractivity contribution is -0.137. The first-order valence-corrected chi connectivity index (χ1v) is 7.14. The van der Waals surface area contributed by atoms with Crippen LogP contribution in [0.15, 0.2) is 48.5 Å². The zero-order valence-electron chi connectivity index (χ0n) is 12.5. The molecule has 126 valence electrons. The molecule has 0 fully saturated rings. The van der Waals surface area contributed by atoms with E-state index in [0.717, 1.165) is 12.1 Å². The quantitative estimate of drug-likeness (QED) is 0.823. The van der Waals surface area contributed by atoms with Gasteiger partial charge in [0.05, 0.1) is 18.4 Å². The zero-order chi connectivity index (χ0) is 17.7. The zero-order valence-corrected chi connectivity index (χ0v) is 13.3. The third-order valence-corrected chi connectivity index (χ3v) is 3.24. The molecule has 0 bridgehead atoms. The number of anilines is 1. The van der Waals surface area contributed by atoms with E-state index < -0.39 is 17.6 Å². The molecule has 0 aliphatic carbocycles. The summed E-state index contributed by atoms with van der Waals surface area (Å²) in [4.78, 5) is 12.0. The van der Waals surface area contributed by atoms with Crippen LogP contribution >= 0.6 is 12.2 Å². The maximum Gasteiger partial charge on any atom is 0.416 e. The first-order valence-electron chi connectivity index (χ1n) is 6.74. The van der Waals surface area contributed by atoms with Crippen molar-refractivity contribution >= 4 is 28.9 Å². The van der Waals surface area contributed by atoms with Crippen molar-refractivity contribution in [3.8, 4) is 5.75 Å². The summed E-state index contributed by atoms with van der Waals surface area (Å²) in [6, 6.07) is 11.2. The Labute approximate surface area is 141 Å². The fourth-order valence-electron chi connectivity index (χ4n) is 1.90. The van der Waals surface area contributed by atoms with Gasteiger partial charge in [-0.3, -0.25) is 10.1 Å². The molecule has 0 aromatic heterocycles. The number of nitrogens with one attached hydrogen (secondary N) is 2. The smallest absolute Gasteiger partial charge is 0.416 e. The molecular formula is C16H13F3N2O2S. The number of rotatable bonds is 3. The average molecular weight is 354 g/mol. The van der Waals surface area contributed by atoms with E-state index >= 15 is 0 Å². The highest BCUT2D eigenvalue weighted by molar-refractivity contribution is 7.80. The molecule has 24 heavy (non-hydrogen) atoms. The molecule has 0 heterocycles. The van der Waals surface area contributed by atoms with Crippen LogP contribution in [0.4, 0.5) is 18.9 Å². The minimum atomic E-state index is -4.50. The van der Waals surface area contributed by atoms with Gasteiger partial charge >= 0.3 is 6.18 Å². The maximum absolute atomic E-state index is 12.8. The average Bonchev–Trinajstić information content (AvgIpc) is 2.54. The molecule has 0 saturated heterocycles. The van der Waals surface area contributed by atoms with Gasteiger partial charge in [-0.25, -0.2) is 0 Å². The number of hydrogen-bond donors (Lipinski definition) is 2. The summed E-state index contributed by atoms with van der Waals surface area (Å²) in [7, 11) is 1.32. The Hall–Kier alpha value is -2.61. The largest absolute Gasteiger partial charge is 0.495 e. The van der Waals surface area contributed by atoms with E-state index in [1.165, 1.54) is 13.2 Å².